The molecule has 0 saturated heterocycles. The fourth-order valence-electron chi connectivity index (χ4n) is 4.95. The standard InChI is InChI=1S/C29H30N2O3S2/c1-21(2)19-30(36(33,34)25-13-12-22-8-6-7-11-24(22)18-25)20-28(32)31-16-14-27-26(15-17-35-27)29(31)23-9-4-3-5-10-23/h3-13,15,17-18,21,29H,14,16,19-20H2,1-2H3/t29-/m0/s1. The number of thiophene rings is 1. The zero-order chi connectivity index (χ0) is 25.3. The van der Waals surface area contributed by atoms with Gasteiger partial charge < -0.3 is 4.90 Å². The molecule has 0 fully saturated rings. The van der Waals surface area contributed by atoms with Crippen molar-refractivity contribution in [2.45, 2.75) is 31.2 Å². The number of sulfonamides is 1. The molecule has 7 heteroatoms. The van der Waals surface area contributed by atoms with E-state index >= 15 is 0 Å². The Morgan fingerprint density at radius 1 is 1.00 bits per heavy atom. The lowest BCUT2D eigenvalue weighted by Crippen LogP contribution is -2.47. The predicted molar refractivity (Wildman–Crippen MR) is 146 cm³/mol. The van der Waals surface area contributed by atoms with Crippen LogP contribution in [0.2, 0.25) is 0 Å². The van der Waals surface area contributed by atoms with Crippen LogP contribution < -0.4 is 0 Å². The quantitative estimate of drug-likeness (QED) is 0.314. The van der Waals surface area contributed by atoms with Gasteiger partial charge in [0.15, 0.2) is 0 Å². The van der Waals surface area contributed by atoms with Crippen LogP contribution in [0.3, 0.4) is 0 Å². The van der Waals surface area contributed by atoms with E-state index < -0.39 is 10.0 Å². The first-order valence-electron chi connectivity index (χ1n) is 12.2. The van der Waals surface area contributed by atoms with Crippen molar-refractivity contribution >= 4 is 38.0 Å². The van der Waals surface area contributed by atoms with Crippen LogP contribution in [0.1, 0.15) is 35.9 Å². The van der Waals surface area contributed by atoms with Gasteiger partial charge in [0.1, 0.15) is 0 Å². The van der Waals surface area contributed by atoms with Crippen LogP contribution in [-0.4, -0.2) is 43.2 Å². The summed E-state index contributed by atoms with van der Waals surface area (Å²) < 4.78 is 28.9. The molecular formula is C29H30N2O3S2. The number of amides is 1. The highest BCUT2D eigenvalue weighted by molar-refractivity contribution is 7.89. The summed E-state index contributed by atoms with van der Waals surface area (Å²) in [7, 11) is -3.87. The van der Waals surface area contributed by atoms with Gasteiger partial charge in [0.05, 0.1) is 17.5 Å². The highest BCUT2D eigenvalue weighted by atomic mass is 32.2. The predicted octanol–water partition coefficient (Wildman–Crippen LogP) is 5.72. The Kier molecular flexibility index (Phi) is 6.97. The zero-order valence-electron chi connectivity index (χ0n) is 20.5. The van der Waals surface area contributed by atoms with Crippen LogP contribution in [0.5, 0.6) is 0 Å². The van der Waals surface area contributed by atoms with E-state index in [0.29, 0.717) is 6.54 Å². The van der Waals surface area contributed by atoms with E-state index in [1.165, 1.54) is 9.18 Å². The molecule has 3 aromatic carbocycles. The number of fused-ring (bicyclic) bond motifs is 2. The van der Waals surface area contributed by atoms with Crippen LogP contribution in [0.25, 0.3) is 10.8 Å². The van der Waals surface area contributed by atoms with E-state index in [1.54, 1.807) is 23.5 Å². The summed E-state index contributed by atoms with van der Waals surface area (Å²) >= 11 is 1.72. The second-order valence-electron chi connectivity index (χ2n) is 9.65. The van der Waals surface area contributed by atoms with Crippen LogP contribution in [0.15, 0.2) is 89.1 Å². The fourth-order valence-corrected chi connectivity index (χ4v) is 7.45. The highest BCUT2D eigenvalue weighted by Crippen LogP contribution is 2.38. The first kappa shape index (κ1) is 24.7. The Hall–Kier alpha value is -3.00. The zero-order valence-corrected chi connectivity index (χ0v) is 22.1. The molecule has 2 heterocycles. The first-order valence-corrected chi connectivity index (χ1v) is 14.6. The Bertz CT molecular complexity index is 1480. The maximum atomic E-state index is 13.8. The van der Waals surface area contributed by atoms with Gasteiger partial charge in [-0.05, 0) is 57.8 Å². The van der Waals surface area contributed by atoms with Crippen molar-refractivity contribution in [3.63, 3.8) is 0 Å². The van der Waals surface area contributed by atoms with E-state index in [-0.39, 0.29) is 35.9 Å². The first-order chi connectivity index (χ1) is 17.3. The molecule has 0 radical (unpaired) electrons. The van der Waals surface area contributed by atoms with Gasteiger partial charge in [0.25, 0.3) is 0 Å². The van der Waals surface area contributed by atoms with Crippen molar-refractivity contribution in [2.75, 3.05) is 19.6 Å². The molecular weight excluding hydrogens is 488 g/mol. The van der Waals surface area contributed by atoms with Gasteiger partial charge in [0.2, 0.25) is 15.9 Å². The highest BCUT2D eigenvalue weighted by Gasteiger charge is 2.35. The molecule has 1 aromatic heterocycles. The number of rotatable bonds is 7. The van der Waals surface area contributed by atoms with Crippen molar-refractivity contribution in [1.82, 2.24) is 9.21 Å². The van der Waals surface area contributed by atoms with Gasteiger partial charge in [-0.25, -0.2) is 8.42 Å². The number of hydrogen-bond acceptors (Lipinski definition) is 4. The Morgan fingerprint density at radius 3 is 2.47 bits per heavy atom. The van der Waals surface area contributed by atoms with Crippen molar-refractivity contribution in [3.05, 3.63) is 100 Å². The van der Waals surface area contributed by atoms with Gasteiger partial charge in [0, 0.05) is 18.0 Å². The number of carbonyl (C=O) groups is 1. The van der Waals surface area contributed by atoms with Crippen molar-refractivity contribution in [3.8, 4) is 0 Å². The fraction of sp³-hybridized carbons (Fsp3) is 0.276. The van der Waals surface area contributed by atoms with Crippen LogP contribution in [0, 0.1) is 5.92 Å². The third kappa shape index (κ3) is 4.83. The maximum absolute atomic E-state index is 13.8. The molecule has 36 heavy (non-hydrogen) atoms. The second-order valence-corrected chi connectivity index (χ2v) is 12.6. The van der Waals surface area contributed by atoms with Crippen molar-refractivity contribution < 1.29 is 13.2 Å². The molecule has 0 spiro atoms. The number of carbonyl (C=O) groups excluding carboxylic acids is 1. The SMILES string of the molecule is CC(C)CN(CC(=O)N1CCc2sccc2[C@@H]1c1ccccc1)S(=O)(=O)c1ccc2ccccc2c1. The minimum absolute atomic E-state index is 0.0720. The number of benzene rings is 3. The largest absolute Gasteiger partial charge is 0.330 e. The monoisotopic (exact) mass is 518 g/mol. The van der Waals surface area contributed by atoms with E-state index in [4.69, 9.17) is 0 Å². The van der Waals surface area contributed by atoms with Crippen LogP contribution in [0.4, 0.5) is 0 Å². The minimum Gasteiger partial charge on any atom is -0.330 e. The summed E-state index contributed by atoms with van der Waals surface area (Å²) in [5.41, 5.74) is 2.18. The average molecular weight is 519 g/mol. The molecule has 1 aliphatic heterocycles. The lowest BCUT2D eigenvalue weighted by atomic mass is 9.93. The number of hydrogen-bond donors (Lipinski definition) is 0. The Morgan fingerprint density at radius 2 is 1.72 bits per heavy atom. The average Bonchev–Trinajstić information content (AvgIpc) is 3.36. The van der Waals surface area contributed by atoms with Gasteiger partial charge in [-0.1, -0.05) is 74.5 Å². The summed E-state index contributed by atoms with van der Waals surface area (Å²) in [4.78, 5) is 17.2. The number of nitrogens with zero attached hydrogens (tertiary/aromatic N) is 2. The summed E-state index contributed by atoms with van der Waals surface area (Å²) in [6.45, 7) is 4.60. The van der Waals surface area contributed by atoms with E-state index in [1.807, 2.05) is 79.4 Å². The van der Waals surface area contributed by atoms with Crippen molar-refractivity contribution in [1.29, 1.82) is 0 Å². The molecule has 1 atom stereocenters. The third-order valence-corrected chi connectivity index (χ3v) is 9.44. The maximum Gasteiger partial charge on any atom is 0.243 e. The molecule has 1 amide bonds. The summed E-state index contributed by atoms with van der Waals surface area (Å²) in [5.74, 6) is -0.103. The molecule has 0 aliphatic carbocycles. The molecule has 5 rings (SSSR count). The van der Waals surface area contributed by atoms with Gasteiger partial charge in [-0.2, -0.15) is 4.31 Å². The molecule has 4 aromatic rings. The minimum atomic E-state index is -3.87. The lowest BCUT2D eigenvalue weighted by molar-refractivity contribution is -0.133. The summed E-state index contributed by atoms with van der Waals surface area (Å²) in [6, 6.07) is 24.7. The van der Waals surface area contributed by atoms with Crippen LogP contribution >= 0.6 is 11.3 Å². The molecule has 1 aliphatic rings. The summed E-state index contributed by atoms with van der Waals surface area (Å²) in [6.07, 6.45) is 0.781. The normalized spacial score (nSPS) is 16.0. The third-order valence-electron chi connectivity index (χ3n) is 6.64. The molecule has 5 nitrogen and oxygen atoms in total. The molecule has 0 unspecified atom stereocenters. The van der Waals surface area contributed by atoms with Crippen molar-refractivity contribution in [2.24, 2.45) is 5.92 Å². The second kappa shape index (κ2) is 10.2. The van der Waals surface area contributed by atoms with E-state index in [0.717, 1.165) is 28.3 Å². The topological polar surface area (TPSA) is 57.7 Å². The molecule has 0 saturated carbocycles. The van der Waals surface area contributed by atoms with Gasteiger partial charge >= 0.3 is 0 Å². The molecule has 186 valence electrons. The smallest absolute Gasteiger partial charge is 0.243 e. The van der Waals surface area contributed by atoms with E-state index in [2.05, 4.69) is 11.4 Å². The van der Waals surface area contributed by atoms with Crippen LogP contribution in [-0.2, 0) is 21.2 Å². The van der Waals surface area contributed by atoms with Gasteiger partial charge in [-0.3, -0.25) is 4.79 Å². The summed E-state index contributed by atoms with van der Waals surface area (Å²) in [5, 5.41) is 3.91. The molecule has 0 N–H and O–H groups in total. The van der Waals surface area contributed by atoms with Gasteiger partial charge in [-0.15, -0.1) is 11.3 Å². The lowest BCUT2D eigenvalue weighted by Gasteiger charge is -2.37. The molecule has 0 bridgehead atoms. The Labute approximate surface area is 217 Å². The van der Waals surface area contributed by atoms with E-state index in [9.17, 15) is 13.2 Å². The Balaban J connectivity index is 1.47.